The Morgan fingerprint density at radius 2 is 1.90 bits per heavy atom. The van der Waals surface area contributed by atoms with Gasteiger partial charge in [-0.2, -0.15) is 0 Å². The number of nitrogens with zero attached hydrogens (tertiary/aromatic N) is 2. The number of hydrogen-bond acceptors (Lipinski definition) is 5. The normalized spacial score (nSPS) is 17.4. The largest absolute Gasteiger partial charge is 0.395 e. The minimum Gasteiger partial charge on any atom is -0.395 e. The van der Waals surface area contributed by atoms with Gasteiger partial charge < -0.3 is 10.0 Å². The van der Waals surface area contributed by atoms with Crippen molar-refractivity contribution in [2.24, 2.45) is 5.14 Å². The standard InChI is InChI=1S/C12H18FN3O3S/c13-11-9-10(20(14,18)19)1-2-12(11)16-5-3-15(4-6-16)7-8-17/h1-2,9,17H,3-8H2,(H2,14,18,19). The van der Waals surface area contributed by atoms with Crippen LogP contribution in [0.5, 0.6) is 0 Å². The molecule has 0 radical (unpaired) electrons. The molecule has 3 N–H and O–H groups in total. The molecule has 6 nitrogen and oxygen atoms in total. The average molecular weight is 303 g/mol. The summed E-state index contributed by atoms with van der Waals surface area (Å²) >= 11 is 0. The van der Waals surface area contributed by atoms with E-state index in [1.807, 2.05) is 4.90 Å². The molecule has 0 aromatic heterocycles. The number of halogens is 1. The number of β-amino-alcohol motifs (C(OH)–C–C–N with tert-alkyl or cyclic N) is 1. The van der Waals surface area contributed by atoms with E-state index in [1.54, 1.807) is 0 Å². The molecular weight excluding hydrogens is 285 g/mol. The van der Waals surface area contributed by atoms with Crippen molar-refractivity contribution in [3.8, 4) is 0 Å². The number of primary sulfonamides is 1. The fourth-order valence-corrected chi connectivity index (χ4v) is 2.80. The summed E-state index contributed by atoms with van der Waals surface area (Å²) < 4.78 is 36.3. The second-order valence-corrected chi connectivity index (χ2v) is 6.27. The number of aliphatic hydroxyl groups is 1. The van der Waals surface area contributed by atoms with Gasteiger partial charge in [-0.05, 0) is 18.2 Å². The lowest BCUT2D eigenvalue weighted by Gasteiger charge is -2.35. The van der Waals surface area contributed by atoms with Crippen molar-refractivity contribution in [3.05, 3.63) is 24.0 Å². The molecule has 1 aliphatic rings. The van der Waals surface area contributed by atoms with Crippen LogP contribution in [-0.2, 0) is 10.0 Å². The molecule has 0 aliphatic carbocycles. The van der Waals surface area contributed by atoms with Crippen LogP contribution >= 0.6 is 0 Å². The van der Waals surface area contributed by atoms with E-state index < -0.39 is 15.8 Å². The Kier molecular flexibility index (Phi) is 4.59. The average Bonchev–Trinajstić information content (AvgIpc) is 2.39. The first-order chi connectivity index (χ1) is 9.41. The number of anilines is 1. The third-order valence-electron chi connectivity index (χ3n) is 3.38. The van der Waals surface area contributed by atoms with Crippen LogP contribution in [0, 0.1) is 5.82 Å². The number of rotatable bonds is 4. The zero-order valence-electron chi connectivity index (χ0n) is 11.0. The zero-order chi connectivity index (χ0) is 14.8. The zero-order valence-corrected chi connectivity index (χ0v) is 11.8. The topological polar surface area (TPSA) is 86.9 Å². The van der Waals surface area contributed by atoms with Gasteiger partial charge in [0.15, 0.2) is 0 Å². The number of aliphatic hydroxyl groups excluding tert-OH is 1. The molecule has 2 rings (SSSR count). The molecule has 1 aromatic rings. The van der Waals surface area contributed by atoms with Gasteiger partial charge in [0.25, 0.3) is 0 Å². The van der Waals surface area contributed by atoms with Gasteiger partial charge in [0, 0.05) is 32.7 Å². The smallest absolute Gasteiger partial charge is 0.238 e. The molecule has 0 spiro atoms. The van der Waals surface area contributed by atoms with Gasteiger partial charge in [0.05, 0.1) is 17.2 Å². The van der Waals surface area contributed by atoms with Crippen LogP contribution in [-0.4, -0.2) is 57.8 Å². The van der Waals surface area contributed by atoms with Crippen LogP contribution in [0.25, 0.3) is 0 Å². The number of nitrogens with two attached hydrogens (primary N) is 1. The Hall–Kier alpha value is -1.22. The molecule has 0 atom stereocenters. The van der Waals surface area contributed by atoms with Gasteiger partial charge in [-0.1, -0.05) is 0 Å². The minimum absolute atomic E-state index is 0.109. The maximum absolute atomic E-state index is 14.0. The number of hydrogen-bond donors (Lipinski definition) is 2. The monoisotopic (exact) mass is 303 g/mol. The predicted molar refractivity (Wildman–Crippen MR) is 73.5 cm³/mol. The summed E-state index contributed by atoms with van der Waals surface area (Å²) in [4.78, 5) is 3.72. The van der Waals surface area contributed by atoms with E-state index >= 15 is 0 Å². The van der Waals surface area contributed by atoms with Crippen molar-refractivity contribution < 1.29 is 17.9 Å². The van der Waals surface area contributed by atoms with Crippen molar-refractivity contribution in [3.63, 3.8) is 0 Å². The molecule has 8 heteroatoms. The highest BCUT2D eigenvalue weighted by Gasteiger charge is 2.20. The van der Waals surface area contributed by atoms with Crippen molar-refractivity contribution >= 4 is 15.7 Å². The number of piperazine rings is 1. The summed E-state index contributed by atoms with van der Waals surface area (Å²) in [6, 6.07) is 3.70. The molecule has 0 unspecified atom stereocenters. The van der Waals surface area contributed by atoms with Crippen LogP contribution in [0.2, 0.25) is 0 Å². The van der Waals surface area contributed by atoms with E-state index in [4.69, 9.17) is 10.2 Å². The Morgan fingerprint density at radius 1 is 1.25 bits per heavy atom. The third kappa shape index (κ3) is 3.45. The van der Waals surface area contributed by atoms with Crippen LogP contribution in [0.1, 0.15) is 0 Å². The van der Waals surface area contributed by atoms with Gasteiger partial charge in [0.1, 0.15) is 5.82 Å². The van der Waals surface area contributed by atoms with Gasteiger partial charge >= 0.3 is 0 Å². The summed E-state index contributed by atoms with van der Waals surface area (Å²) in [7, 11) is -3.88. The van der Waals surface area contributed by atoms with E-state index in [9.17, 15) is 12.8 Å². The molecule has 0 bridgehead atoms. The summed E-state index contributed by atoms with van der Waals surface area (Å²) in [6.07, 6.45) is 0. The van der Waals surface area contributed by atoms with Crippen LogP contribution < -0.4 is 10.0 Å². The first kappa shape index (κ1) is 15.2. The van der Waals surface area contributed by atoms with Gasteiger partial charge in [0.2, 0.25) is 10.0 Å². The molecule has 1 heterocycles. The summed E-state index contributed by atoms with van der Waals surface area (Å²) in [5.41, 5.74) is 0.376. The molecule has 0 saturated carbocycles. The number of benzene rings is 1. The summed E-state index contributed by atoms with van der Waals surface area (Å²) in [5, 5.41) is 13.8. The quantitative estimate of drug-likeness (QED) is 0.789. The van der Waals surface area contributed by atoms with Crippen molar-refractivity contribution in [1.82, 2.24) is 4.90 Å². The highest BCUT2D eigenvalue weighted by molar-refractivity contribution is 7.89. The SMILES string of the molecule is NS(=O)(=O)c1ccc(N2CCN(CCO)CC2)c(F)c1. The summed E-state index contributed by atoms with van der Waals surface area (Å²) in [6.45, 7) is 3.45. The fraction of sp³-hybridized carbons (Fsp3) is 0.500. The second-order valence-electron chi connectivity index (χ2n) is 4.71. The van der Waals surface area contributed by atoms with E-state index in [1.165, 1.54) is 12.1 Å². The highest BCUT2D eigenvalue weighted by Crippen LogP contribution is 2.23. The van der Waals surface area contributed by atoms with E-state index in [0.29, 0.717) is 25.3 Å². The number of sulfonamides is 1. The molecule has 1 aromatic carbocycles. The van der Waals surface area contributed by atoms with Crippen LogP contribution in [0.4, 0.5) is 10.1 Å². The minimum atomic E-state index is -3.88. The first-order valence-corrected chi connectivity index (χ1v) is 7.87. The Balaban J connectivity index is 2.11. The van der Waals surface area contributed by atoms with Crippen molar-refractivity contribution in [2.45, 2.75) is 4.90 Å². The first-order valence-electron chi connectivity index (χ1n) is 6.32. The van der Waals surface area contributed by atoms with E-state index in [0.717, 1.165) is 19.2 Å². The lowest BCUT2D eigenvalue weighted by molar-refractivity contribution is 0.188. The molecule has 112 valence electrons. The molecule has 1 fully saturated rings. The predicted octanol–water partition coefficient (Wildman–Crippen LogP) is -0.413. The van der Waals surface area contributed by atoms with Crippen LogP contribution in [0.15, 0.2) is 23.1 Å². The van der Waals surface area contributed by atoms with Crippen molar-refractivity contribution in [1.29, 1.82) is 0 Å². The summed E-state index contributed by atoms with van der Waals surface area (Å²) in [5.74, 6) is -0.591. The second kappa shape index (κ2) is 6.04. The van der Waals surface area contributed by atoms with Gasteiger partial charge in [-0.3, -0.25) is 4.90 Å². The van der Waals surface area contributed by atoms with Gasteiger partial charge in [-0.25, -0.2) is 17.9 Å². The third-order valence-corrected chi connectivity index (χ3v) is 4.29. The molecule has 0 amide bonds. The van der Waals surface area contributed by atoms with E-state index in [2.05, 4.69) is 4.90 Å². The Labute approximate surface area is 117 Å². The van der Waals surface area contributed by atoms with Crippen LogP contribution in [0.3, 0.4) is 0 Å². The fourth-order valence-electron chi connectivity index (χ4n) is 2.27. The Morgan fingerprint density at radius 3 is 2.40 bits per heavy atom. The lowest BCUT2D eigenvalue weighted by atomic mass is 10.2. The molecule has 1 aliphatic heterocycles. The molecular formula is C12H18FN3O3S. The molecule has 20 heavy (non-hydrogen) atoms. The lowest BCUT2D eigenvalue weighted by Crippen LogP contribution is -2.47. The van der Waals surface area contributed by atoms with Crippen molar-refractivity contribution in [2.75, 3.05) is 44.2 Å². The maximum atomic E-state index is 14.0. The van der Waals surface area contributed by atoms with Gasteiger partial charge in [-0.15, -0.1) is 0 Å². The Bertz CT molecular complexity index is 571. The highest BCUT2D eigenvalue weighted by atomic mass is 32.2. The maximum Gasteiger partial charge on any atom is 0.238 e. The molecule has 1 saturated heterocycles. The van der Waals surface area contributed by atoms with E-state index in [-0.39, 0.29) is 11.5 Å².